The predicted molar refractivity (Wildman–Crippen MR) is 116 cm³/mol. The molecule has 0 saturated heterocycles. The van der Waals surface area contributed by atoms with Gasteiger partial charge in [0, 0.05) is 25.4 Å². The van der Waals surface area contributed by atoms with Crippen molar-refractivity contribution >= 4 is 18.0 Å². The van der Waals surface area contributed by atoms with Crippen LogP contribution in [0.15, 0.2) is 48.5 Å². The molecule has 34 heavy (non-hydrogen) atoms. The number of alkyl halides is 2. The molecule has 4 N–H and O–H groups in total. The molecule has 0 spiro atoms. The Hall–Kier alpha value is -3.53. The lowest BCUT2D eigenvalue weighted by Gasteiger charge is -2.14. The van der Waals surface area contributed by atoms with Crippen molar-refractivity contribution in [3.8, 4) is 11.1 Å². The first kappa shape index (κ1) is 23.6. The first-order chi connectivity index (χ1) is 16.2. The second-order valence-electron chi connectivity index (χ2n) is 8.40. The molecule has 3 atom stereocenters. The predicted octanol–water partition coefficient (Wildman–Crippen LogP) is 2.36. The first-order valence-corrected chi connectivity index (χ1v) is 10.9. The molecule has 8 nitrogen and oxygen atoms in total. The summed E-state index contributed by atoms with van der Waals surface area (Å²) < 4.78 is 33.4. The minimum atomic E-state index is -3.30. The van der Waals surface area contributed by atoms with Gasteiger partial charge in [0.25, 0.3) is 5.92 Å². The van der Waals surface area contributed by atoms with Gasteiger partial charge in [-0.05, 0) is 22.3 Å². The highest BCUT2D eigenvalue weighted by atomic mass is 19.3. The van der Waals surface area contributed by atoms with Crippen molar-refractivity contribution in [2.24, 2.45) is 11.8 Å². The van der Waals surface area contributed by atoms with Gasteiger partial charge in [0.2, 0.25) is 5.91 Å². The van der Waals surface area contributed by atoms with Crippen molar-refractivity contribution < 1.29 is 38.1 Å². The number of carbonyl (C=O) groups is 3. The number of carboxylic acids is 1. The molecule has 2 aromatic carbocycles. The quantitative estimate of drug-likeness (QED) is 0.442. The number of rotatable bonds is 9. The van der Waals surface area contributed by atoms with E-state index in [1.54, 1.807) is 0 Å². The molecule has 0 radical (unpaired) electrons. The molecule has 3 unspecified atom stereocenters. The zero-order chi connectivity index (χ0) is 24.5. The van der Waals surface area contributed by atoms with E-state index in [-0.39, 0.29) is 25.5 Å². The average molecular weight is 474 g/mol. The number of alkyl carbamates (subject to hydrolysis) is 1. The lowest BCUT2D eigenvalue weighted by molar-refractivity contribution is -0.147. The average Bonchev–Trinajstić information content (AvgIpc) is 3.22. The monoisotopic (exact) mass is 474 g/mol. The maximum absolute atomic E-state index is 14.0. The fourth-order valence-electron chi connectivity index (χ4n) is 4.41. The third-order valence-electron chi connectivity index (χ3n) is 6.30. The number of aliphatic hydroxyl groups is 1. The molecule has 2 amide bonds. The summed E-state index contributed by atoms with van der Waals surface area (Å²) in [7, 11) is 0. The van der Waals surface area contributed by atoms with Crippen LogP contribution in [0.1, 0.15) is 23.5 Å². The number of halogens is 2. The molecule has 10 heteroatoms. The van der Waals surface area contributed by atoms with Crippen LogP contribution in [0.3, 0.4) is 0 Å². The SMILES string of the molecule is O=C(NCC1C(C(=O)NCCC(O)C(=O)O)C1(F)F)OCC1c2ccccc2-c2ccccc21. The maximum Gasteiger partial charge on any atom is 0.407 e. The number of carbonyl (C=O) groups excluding carboxylic acids is 2. The van der Waals surface area contributed by atoms with Crippen LogP contribution in [0, 0.1) is 11.8 Å². The second kappa shape index (κ2) is 9.38. The van der Waals surface area contributed by atoms with Crippen LogP contribution in [-0.4, -0.2) is 59.9 Å². The molecular formula is C24H24F2N2O6. The summed E-state index contributed by atoms with van der Waals surface area (Å²) in [5.74, 6) is -8.91. The zero-order valence-electron chi connectivity index (χ0n) is 18.0. The third-order valence-corrected chi connectivity index (χ3v) is 6.30. The Morgan fingerprint density at radius 3 is 2.18 bits per heavy atom. The van der Waals surface area contributed by atoms with Crippen LogP contribution in [0.25, 0.3) is 11.1 Å². The number of amides is 2. The number of carboxylic acid groups (broad SMARTS) is 1. The summed E-state index contributed by atoms with van der Waals surface area (Å²) in [6.45, 7) is -0.665. The topological polar surface area (TPSA) is 125 Å². The van der Waals surface area contributed by atoms with E-state index in [0.29, 0.717) is 0 Å². The summed E-state index contributed by atoms with van der Waals surface area (Å²) in [5.41, 5.74) is 4.17. The van der Waals surface area contributed by atoms with Gasteiger partial charge >= 0.3 is 12.1 Å². The van der Waals surface area contributed by atoms with Crippen molar-refractivity contribution in [1.29, 1.82) is 0 Å². The van der Waals surface area contributed by atoms with E-state index < -0.39 is 48.4 Å². The highest BCUT2D eigenvalue weighted by Gasteiger charge is 2.71. The Balaban J connectivity index is 1.26. The highest BCUT2D eigenvalue weighted by Crippen LogP contribution is 2.55. The minimum Gasteiger partial charge on any atom is -0.479 e. The Labute approximate surface area is 193 Å². The van der Waals surface area contributed by atoms with Gasteiger partial charge in [-0.3, -0.25) is 4.79 Å². The number of hydrogen-bond donors (Lipinski definition) is 4. The molecule has 4 rings (SSSR count). The van der Waals surface area contributed by atoms with E-state index >= 15 is 0 Å². The normalized spacial score (nSPS) is 20.6. The zero-order valence-corrected chi connectivity index (χ0v) is 18.0. The molecule has 1 fully saturated rings. The molecule has 2 aliphatic rings. The fraction of sp³-hybridized carbons (Fsp3) is 0.375. The first-order valence-electron chi connectivity index (χ1n) is 10.9. The van der Waals surface area contributed by atoms with Crippen molar-refractivity contribution in [2.45, 2.75) is 24.4 Å². The van der Waals surface area contributed by atoms with Gasteiger partial charge in [0.1, 0.15) is 12.5 Å². The van der Waals surface area contributed by atoms with Crippen molar-refractivity contribution in [2.75, 3.05) is 19.7 Å². The van der Waals surface area contributed by atoms with Crippen molar-refractivity contribution in [3.05, 3.63) is 59.7 Å². The van der Waals surface area contributed by atoms with Gasteiger partial charge in [0.05, 0.1) is 5.92 Å². The van der Waals surface area contributed by atoms with Gasteiger partial charge in [0.15, 0.2) is 6.10 Å². The van der Waals surface area contributed by atoms with Crippen molar-refractivity contribution in [3.63, 3.8) is 0 Å². The summed E-state index contributed by atoms with van der Waals surface area (Å²) in [6, 6.07) is 15.6. The third kappa shape index (κ3) is 4.58. The van der Waals surface area contributed by atoms with Crippen LogP contribution in [0.5, 0.6) is 0 Å². The maximum atomic E-state index is 14.0. The Morgan fingerprint density at radius 1 is 1.00 bits per heavy atom. The number of hydrogen-bond acceptors (Lipinski definition) is 5. The minimum absolute atomic E-state index is 0.0384. The largest absolute Gasteiger partial charge is 0.479 e. The van der Waals surface area contributed by atoms with Crippen LogP contribution in [0.4, 0.5) is 13.6 Å². The molecule has 0 aliphatic heterocycles. The molecular weight excluding hydrogens is 450 g/mol. The van der Waals surface area contributed by atoms with Crippen LogP contribution < -0.4 is 10.6 Å². The molecule has 2 aromatic rings. The van der Waals surface area contributed by atoms with Crippen molar-refractivity contribution in [1.82, 2.24) is 10.6 Å². The second-order valence-corrected chi connectivity index (χ2v) is 8.40. The Kier molecular flexibility index (Phi) is 6.52. The van der Waals surface area contributed by atoms with Gasteiger partial charge in [-0.25, -0.2) is 18.4 Å². The number of aliphatic carboxylic acids is 1. The number of ether oxygens (including phenoxy) is 1. The standard InChI is InChI=1S/C24H24F2N2O6/c25-24(26)18(20(24)21(30)27-10-9-19(29)22(31)32)11-28-23(33)34-12-17-15-7-3-1-5-13(15)14-6-2-4-8-16(14)17/h1-8,17-20,29H,9-12H2,(H,27,30)(H,28,33)(H,31,32). The molecule has 1 saturated carbocycles. The number of benzene rings is 2. The van der Waals surface area contributed by atoms with E-state index in [0.717, 1.165) is 22.3 Å². The molecule has 0 aromatic heterocycles. The molecule has 2 aliphatic carbocycles. The summed E-state index contributed by atoms with van der Waals surface area (Å²) in [6.07, 6.45) is -2.85. The summed E-state index contributed by atoms with van der Waals surface area (Å²) in [5, 5.41) is 22.3. The fourth-order valence-corrected chi connectivity index (χ4v) is 4.41. The van der Waals surface area contributed by atoms with Gasteiger partial charge in [-0.15, -0.1) is 0 Å². The summed E-state index contributed by atoms with van der Waals surface area (Å²) >= 11 is 0. The molecule has 0 bridgehead atoms. The lowest BCUT2D eigenvalue weighted by Crippen LogP contribution is -2.33. The van der Waals surface area contributed by atoms with Crippen LogP contribution in [-0.2, 0) is 14.3 Å². The van der Waals surface area contributed by atoms with E-state index in [1.807, 2.05) is 48.5 Å². The number of aliphatic hydroxyl groups excluding tert-OH is 1. The Morgan fingerprint density at radius 2 is 1.59 bits per heavy atom. The van der Waals surface area contributed by atoms with E-state index in [9.17, 15) is 28.3 Å². The Bertz CT molecular complexity index is 1060. The lowest BCUT2D eigenvalue weighted by atomic mass is 9.98. The molecule has 0 heterocycles. The highest BCUT2D eigenvalue weighted by molar-refractivity contribution is 5.84. The van der Waals surface area contributed by atoms with Gasteiger partial charge < -0.3 is 25.6 Å². The smallest absolute Gasteiger partial charge is 0.407 e. The number of fused-ring (bicyclic) bond motifs is 3. The van der Waals surface area contributed by atoms with Gasteiger partial charge in [-0.1, -0.05) is 48.5 Å². The van der Waals surface area contributed by atoms with E-state index in [1.165, 1.54) is 0 Å². The van der Waals surface area contributed by atoms with E-state index in [4.69, 9.17) is 9.84 Å². The van der Waals surface area contributed by atoms with Crippen LogP contribution in [0.2, 0.25) is 0 Å². The molecule has 180 valence electrons. The summed E-state index contributed by atoms with van der Waals surface area (Å²) in [4.78, 5) is 34.7. The van der Waals surface area contributed by atoms with Crippen LogP contribution >= 0.6 is 0 Å². The number of nitrogens with one attached hydrogen (secondary N) is 2. The van der Waals surface area contributed by atoms with Gasteiger partial charge in [-0.2, -0.15) is 0 Å². The van der Waals surface area contributed by atoms with E-state index in [2.05, 4.69) is 10.6 Å².